The van der Waals surface area contributed by atoms with E-state index in [1.165, 1.54) is 6.42 Å². The zero-order chi connectivity index (χ0) is 24.6. The van der Waals surface area contributed by atoms with Crippen LogP contribution in [0.3, 0.4) is 0 Å². The molecule has 0 saturated heterocycles. The third-order valence-corrected chi connectivity index (χ3v) is 7.63. The summed E-state index contributed by atoms with van der Waals surface area (Å²) in [6.45, 7) is 0.628. The van der Waals surface area contributed by atoms with Gasteiger partial charge in [-0.2, -0.15) is 0 Å². The molecule has 2 aromatic rings. The number of anilines is 1. The Hall–Kier alpha value is -2.57. The molecule has 0 spiro atoms. The Balaban J connectivity index is 1.45. The van der Waals surface area contributed by atoms with Crippen LogP contribution in [0.4, 0.5) is 10.5 Å². The standard InChI is InChI=1S/C28H36ClN3O3/c29-26-16-13-24(31-28(34)35-19-20-7-3-1-4-8-20)17-22(26)18-32(25-14-11-23(30)12-15-25)27(33)21-9-5-2-6-10-21/h1,3-4,7-8,13,16-17,21,23,25H,2,5-6,9-12,14-15,18-19,30H2,(H,31,34). The molecule has 0 atom stereocenters. The van der Waals surface area contributed by atoms with E-state index in [-0.39, 0.29) is 30.5 Å². The number of nitrogens with two attached hydrogens (primary N) is 1. The van der Waals surface area contributed by atoms with E-state index < -0.39 is 6.09 Å². The van der Waals surface area contributed by atoms with Gasteiger partial charge in [0.15, 0.2) is 0 Å². The van der Waals surface area contributed by atoms with Gasteiger partial charge in [0.25, 0.3) is 0 Å². The highest BCUT2D eigenvalue weighted by molar-refractivity contribution is 6.31. The summed E-state index contributed by atoms with van der Waals surface area (Å²) >= 11 is 6.57. The van der Waals surface area contributed by atoms with Gasteiger partial charge < -0.3 is 15.4 Å². The van der Waals surface area contributed by atoms with Gasteiger partial charge in [-0.15, -0.1) is 0 Å². The van der Waals surface area contributed by atoms with E-state index in [2.05, 4.69) is 5.32 Å². The minimum Gasteiger partial charge on any atom is -0.444 e. The molecule has 3 N–H and O–H groups in total. The average molecular weight is 498 g/mol. The van der Waals surface area contributed by atoms with Crippen molar-refractivity contribution in [3.63, 3.8) is 0 Å². The molecular formula is C28H36ClN3O3. The lowest BCUT2D eigenvalue weighted by atomic mass is 9.85. The maximum Gasteiger partial charge on any atom is 0.411 e. The quantitative estimate of drug-likeness (QED) is 0.472. The Morgan fingerprint density at radius 2 is 1.69 bits per heavy atom. The fourth-order valence-electron chi connectivity index (χ4n) is 5.22. The first-order valence-electron chi connectivity index (χ1n) is 12.8. The zero-order valence-corrected chi connectivity index (χ0v) is 21.0. The lowest BCUT2D eigenvalue weighted by molar-refractivity contribution is -0.140. The Morgan fingerprint density at radius 1 is 0.971 bits per heavy atom. The summed E-state index contributed by atoms with van der Waals surface area (Å²) in [6, 6.07) is 15.3. The summed E-state index contributed by atoms with van der Waals surface area (Å²) in [5, 5.41) is 3.38. The number of hydrogen-bond acceptors (Lipinski definition) is 4. The number of nitrogens with zero attached hydrogens (tertiary/aromatic N) is 1. The van der Waals surface area contributed by atoms with Gasteiger partial charge in [-0.3, -0.25) is 10.1 Å². The van der Waals surface area contributed by atoms with Gasteiger partial charge in [0.2, 0.25) is 5.91 Å². The summed E-state index contributed by atoms with van der Waals surface area (Å²) in [7, 11) is 0. The first-order chi connectivity index (χ1) is 17.0. The maximum atomic E-state index is 13.6. The van der Waals surface area contributed by atoms with E-state index in [0.717, 1.165) is 62.5 Å². The topological polar surface area (TPSA) is 84.7 Å². The molecule has 2 aliphatic rings. The van der Waals surface area contributed by atoms with Crippen LogP contribution in [0.15, 0.2) is 48.5 Å². The molecule has 2 aromatic carbocycles. The monoisotopic (exact) mass is 497 g/mol. The second-order valence-electron chi connectivity index (χ2n) is 9.86. The molecule has 7 heteroatoms. The molecule has 35 heavy (non-hydrogen) atoms. The molecule has 0 aromatic heterocycles. The van der Waals surface area contributed by atoms with Crippen molar-refractivity contribution < 1.29 is 14.3 Å². The first kappa shape index (κ1) is 25.5. The van der Waals surface area contributed by atoms with Gasteiger partial charge in [0, 0.05) is 35.3 Å². The van der Waals surface area contributed by atoms with Crippen molar-refractivity contribution in [3.05, 3.63) is 64.7 Å². The van der Waals surface area contributed by atoms with Crippen LogP contribution in [0, 0.1) is 5.92 Å². The summed E-state index contributed by atoms with van der Waals surface area (Å²) in [4.78, 5) is 28.0. The lowest BCUT2D eigenvalue weighted by Gasteiger charge is -2.39. The van der Waals surface area contributed by atoms with E-state index in [1.807, 2.05) is 41.3 Å². The van der Waals surface area contributed by atoms with Gasteiger partial charge >= 0.3 is 6.09 Å². The van der Waals surface area contributed by atoms with Gasteiger partial charge in [0.05, 0.1) is 0 Å². The van der Waals surface area contributed by atoms with E-state index in [4.69, 9.17) is 22.1 Å². The van der Waals surface area contributed by atoms with Crippen molar-refractivity contribution in [2.45, 2.75) is 83.0 Å². The van der Waals surface area contributed by atoms with Crippen molar-refractivity contribution in [2.24, 2.45) is 11.7 Å². The lowest BCUT2D eigenvalue weighted by Crippen LogP contribution is -2.46. The largest absolute Gasteiger partial charge is 0.444 e. The third kappa shape index (κ3) is 7.21. The van der Waals surface area contributed by atoms with Crippen LogP contribution in [0.1, 0.15) is 68.9 Å². The zero-order valence-electron chi connectivity index (χ0n) is 20.3. The Kier molecular flexibility index (Phi) is 9.05. The number of hydrogen-bond donors (Lipinski definition) is 2. The molecule has 2 amide bonds. The molecule has 6 nitrogen and oxygen atoms in total. The number of amides is 2. The number of nitrogens with one attached hydrogen (secondary N) is 1. The van der Waals surface area contributed by atoms with Crippen molar-refractivity contribution in [3.8, 4) is 0 Å². The smallest absolute Gasteiger partial charge is 0.411 e. The molecule has 188 valence electrons. The van der Waals surface area contributed by atoms with E-state index in [9.17, 15) is 9.59 Å². The normalized spacial score (nSPS) is 20.7. The SMILES string of the molecule is NC1CCC(N(Cc2cc(NC(=O)OCc3ccccc3)ccc2Cl)C(=O)C2CCCCC2)CC1. The second-order valence-corrected chi connectivity index (χ2v) is 10.3. The molecule has 0 bridgehead atoms. The van der Waals surface area contributed by atoms with Crippen molar-refractivity contribution in [2.75, 3.05) is 5.32 Å². The molecular weight excluding hydrogens is 462 g/mol. The summed E-state index contributed by atoms with van der Waals surface area (Å²) in [5.41, 5.74) is 8.49. The molecule has 2 aliphatic carbocycles. The van der Waals surface area contributed by atoms with E-state index >= 15 is 0 Å². The molecule has 2 fully saturated rings. The van der Waals surface area contributed by atoms with Crippen LogP contribution in [-0.4, -0.2) is 29.0 Å². The van der Waals surface area contributed by atoms with Crippen molar-refractivity contribution in [1.29, 1.82) is 0 Å². The number of carbonyl (C=O) groups is 2. The van der Waals surface area contributed by atoms with Gasteiger partial charge in [-0.05, 0) is 67.9 Å². The van der Waals surface area contributed by atoms with Crippen molar-refractivity contribution in [1.82, 2.24) is 4.90 Å². The fraction of sp³-hybridized carbons (Fsp3) is 0.500. The van der Waals surface area contributed by atoms with E-state index in [1.54, 1.807) is 12.1 Å². The summed E-state index contributed by atoms with van der Waals surface area (Å²) < 4.78 is 5.35. The molecule has 2 saturated carbocycles. The average Bonchev–Trinajstić information content (AvgIpc) is 2.89. The minimum atomic E-state index is -0.529. The third-order valence-electron chi connectivity index (χ3n) is 7.27. The van der Waals surface area contributed by atoms with E-state index in [0.29, 0.717) is 17.3 Å². The summed E-state index contributed by atoms with van der Waals surface area (Å²) in [6.07, 6.45) is 8.54. The number of halogens is 1. The number of carbonyl (C=O) groups excluding carboxylic acids is 2. The molecule has 4 rings (SSSR count). The number of rotatable bonds is 7. The van der Waals surface area contributed by atoms with Crippen LogP contribution < -0.4 is 11.1 Å². The fourth-order valence-corrected chi connectivity index (χ4v) is 5.40. The van der Waals surface area contributed by atoms with Crippen LogP contribution in [0.2, 0.25) is 5.02 Å². The van der Waals surface area contributed by atoms with Crippen LogP contribution >= 0.6 is 11.6 Å². The second kappa shape index (κ2) is 12.4. The highest BCUT2D eigenvalue weighted by Crippen LogP contribution is 2.32. The number of benzene rings is 2. The van der Waals surface area contributed by atoms with Crippen LogP contribution in [0.5, 0.6) is 0 Å². The molecule has 0 radical (unpaired) electrons. The van der Waals surface area contributed by atoms with Gasteiger partial charge in [-0.1, -0.05) is 61.2 Å². The highest BCUT2D eigenvalue weighted by Gasteiger charge is 2.33. The van der Waals surface area contributed by atoms with Gasteiger partial charge in [-0.25, -0.2) is 4.79 Å². The van der Waals surface area contributed by atoms with Crippen LogP contribution in [0.25, 0.3) is 0 Å². The van der Waals surface area contributed by atoms with Crippen molar-refractivity contribution >= 4 is 29.3 Å². The molecule has 0 unspecified atom stereocenters. The molecule has 0 heterocycles. The molecule has 0 aliphatic heterocycles. The predicted octanol–water partition coefficient (Wildman–Crippen LogP) is 6.27. The minimum absolute atomic E-state index is 0.0902. The Morgan fingerprint density at radius 3 is 2.40 bits per heavy atom. The van der Waals surface area contributed by atoms with Crippen LogP contribution in [-0.2, 0) is 22.7 Å². The van der Waals surface area contributed by atoms with Gasteiger partial charge in [0.1, 0.15) is 6.61 Å². The maximum absolute atomic E-state index is 13.6. The predicted molar refractivity (Wildman–Crippen MR) is 139 cm³/mol. The number of ether oxygens (including phenoxy) is 1. The highest BCUT2D eigenvalue weighted by atomic mass is 35.5. The Labute approximate surface area is 213 Å². The first-order valence-corrected chi connectivity index (χ1v) is 13.2. The summed E-state index contributed by atoms with van der Waals surface area (Å²) in [5.74, 6) is 0.328. The Bertz CT molecular complexity index is 986.